The van der Waals surface area contributed by atoms with Crippen LogP contribution in [0.3, 0.4) is 0 Å². The summed E-state index contributed by atoms with van der Waals surface area (Å²) < 4.78 is 5.71. The van der Waals surface area contributed by atoms with Gasteiger partial charge in [0, 0.05) is 11.1 Å². The van der Waals surface area contributed by atoms with E-state index in [0.29, 0.717) is 5.56 Å². The van der Waals surface area contributed by atoms with E-state index < -0.39 is 6.10 Å². The van der Waals surface area contributed by atoms with Gasteiger partial charge in [-0.3, -0.25) is 4.84 Å². The van der Waals surface area contributed by atoms with Crippen molar-refractivity contribution in [1.29, 1.82) is 0 Å². The first-order valence-corrected chi connectivity index (χ1v) is 11.1. The van der Waals surface area contributed by atoms with Crippen LogP contribution >= 0.6 is 0 Å². The lowest BCUT2D eigenvalue weighted by Crippen LogP contribution is -2.58. The molecule has 4 heteroatoms. The van der Waals surface area contributed by atoms with Crippen LogP contribution in [0.4, 0.5) is 0 Å². The van der Waals surface area contributed by atoms with Crippen molar-refractivity contribution in [3.05, 3.63) is 77.4 Å². The number of carbonyl (C=O) groups excluding carboxylic acids is 1. The third-order valence-corrected chi connectivity index (χ3v) is 6.11. The molecule has 1 saturated heterocycles. The molecule has 2 aromatic carbocycles. The van der Waals surface area contributed by atoms with Gasteiger partial charge in [0.05, 0.1) is 5.56 Å². The van der Waals surface area contributed by atoms with Crippen LogP contribution in [0.1, 0.15) is 80.1 Å². The Kier molecular flexibility index (Phi) is 7.03. The number of hydrogen-bond acceptors (Lipinski definition) is 4. The summed E-state index contributed by atoms with van der Waals surface area (Å²) in [6.07, 6.45) is 4.70. The van der Waals surface area contributed by atoms with Gasteiger partial charge >= 0.3 is 5.97 Å². The van der Waals surface area contributed by atoms with E-state index in [1.807, 2.05) is 49.4 Å². The largest absolute Gasteiger partial charge is 0.459 e. The molecule has 1 unspecified atom stereocenters. The number of piperidine rings is 1. The van der Waals surface area contributed by atoms with Crippen LogP contribution in [0.25, 0.3) is 6.08 Å². The molecular formula is C27H35NO3. The van der Waals surface area contributed by atoms with Crippen LogP contribution < -0.4 is 0 Å². The Hall–Kier alpha value is -2.43. The van der Waals surface area contributed by atoms with Gasteiger partial charge < -0.3 is 4.74 Å². The minimum atomic E-state index is -0.398. The molecule has 1 fully saturated rings. The van der Waals surface area contributed by atoms with Gasteiger partial charge in [0.15, 0.2) is 0 Å². The zero-order valence-electron chi connectivity index (χ0n) is 19.5. The second kappa shape index (κ2) is 9.37. The van der Waals surface area contributed by atoms with E-state index >= 15 is 0 Å². The second-order valence-corrected chi connectivity index (χ2v) is 9.70. The minimum absolute atomic E-state index is 0.109. The Morgan fingerprint density at radius 2 is 1.61 bits per heavy atom. The predicted molar refractivity (Wildman–Crippen MR) is 126 cm³/mol. The number of esters is 1. The fourth-order valence-corrected chi connectivity index (χ4v) is 4.35. The molecule has 31 heavy (non-hydrogen) atoms. The zero-order chi connectivity index (χ0) is 22.6. The van der Waals surface area contributed by atoms with Crippen LogP contribution in [-0.2, 0) is 9.57 Å². The number of aryl methyl sites for hydroxylation is 1. The van der Waals surface area contributed by atoms with Crippen molar-refractivity contribution in [2.45, 2.75) is 71.1 Å². The summed E-state index contributed by atoms with van der Waals surface area (Å²) in [5.41, 5.74) is 3.45. The standard InChI is InChI=1S/C27H35NO3/c1-7-21-11-15-22(16-12-21)24(19-30-25(29)23-13-9-20(2)10-14-23)31-28-26(3,4)17-8-18-27(28,5)6/h7,9-16,24H,1,8,17-19H2,2-6H3. The van der Waals surface area contributed by atoms with E-state index in [1.165, 1.54) is 6.42 Å². The molecule has 1 aliphatic rings. The summed E-state index contributed by atoms with van der Waals surface area (Å²) in [6.45, 7) is 14.8. The molecular weight excluding hydrogens is 386 g/mol. The molecule has 0 saturated carbocycles. The molecule has 166 valence electrons. The maximum atomic E-state index is 12.6. The Bertz CT molecular complexity index is 881. The Morgan fingerprint density at radius 1 is 1.03 bits per heavy atom. The minimum Gasteiger partial charge on any atom is -0.459 e. The van der Waals surface area contributed by atoms with Crippen molar-refractivity contribution in [1.82, 2.24) is 5.06 Å². The fourth-order valence-electron chi connectivity index (χ4n) is 4.35. The van der Waals surface area contributed by atoms with Gasteiger partial charge in [0.1, 0.15) is 12.7 Å². The molecule has 0 aliphatic carbocycles. The molecule has 0 aromatic heterocycles. The highest BCUT2D eigenvalue weighted by atomic mass is 16.7. The first-order chi connectivity index (χ1) is 14.6. The zero-order valence-corrected chi connectivity index (χ0v) is 19.5. The maximum Gasteiger partial charge on any atom is 0.338 e. The lowest BCUT2D eigenvalue weighted by Gasteiger charge is -2.52. The van der Waals surface area contributed by atoms with Crippen LogP contribution in [0.2, 0.25) is 0 Å². The van der Waals surface area contributed by atoms with Gasteiger partial charge in [-0.25, -0.2) is 4.79 Å². The summed E-state index contributed by atoms with van der Waals surface area (Å²) in [5, 5.41) is 2.12. The molecule has 1 atom stereocenters. The summed E-state index contributed by atoms with van der Waals surface area (Å²) in [4.78, 5) is 19.3. The van der Waals surface area contributed by atoms with Crippen molar-refractivity contribution in [3.8, 4) is 0 Å². The van der Waals surface area contributed by atoms with Gasteiger partial charge in [0.25, 0.3) is 0 Å². The van der Waals surface area contributed by atoms with Crippen molar-refractivity contribution < 1.29 is 14.4 Å². The molecule has 1 aliphatic heterocycles. The number of benzene rings is 2. The van der Waals surface area contributed by atoms with Crippen molar-refractivity contribution >= 4 is 12.0 Å². The van der Waals surface area contributed by atoms with Gasteiger partial charge in [-0.05, 0) is 77.1 Å². The smallest absolute Gasteiger partial charge is 0.338 e. The van der Waals surface area contributed by atoms with Crippen LogP contribution in [0, 0.1) is 6.92 Å². The van der Waals surface area contributed by atoms with Crippen LogP contribution in [-0.4, -0.2) is 28.7 Å². The maximum absolute atomic E-state index is 12.6. The van der Waals surface area contributed by atoms with Crippen LogP contribution in [0.15, 0.2) is 55.1 Å². The monoisotopic (exact) mass is 421 g/mol. The van der Waals surface area contributed by atoms with Crippen molar-refractivity contribution in [2.75, 3.05) is 6.61 Å². The Morgan fingerprint density at radius 3 is 2.16 bits per heavy atom. The van der Waals surface area contributed by atoms with E-state index in [2.05, 4.69) is 39.3 Å². The number of hydroxylamine groups is 2. The molecule has 0 N–H and O–H groups in total. The molecule has 4 nitrogen and oxygen atoms in total. The highest BCUT2D eigenvalue weighted by Gasteiger charge is 2.44. The first-order valence-electron chi connectivity index (χ1n) is 11.1. The number of rotatable bonds is 7. The van der Waals surface area contributed by atoms with Crippen LogP contribution in [0.5, 0.6) is 0 Å². The average Bonchev–Trinajstić information content (AvgIpc) is 2.73. The molecule has 0 bridgehead atoms. The van der Waals surface area contributed by atoms with Crippen molar-refractivity contribution in [3.63, 3.8) is 0 Å². The molecule has 0 amide bonds. The quantitative estimate of drug-likeness (QED) is 0.478. The SMILES string of the molecule is C=Cc1ccc(C(COC(=O)c2ccc(C)cc2)ON2C(C)(C)CCCC2(C)C)cc1. The second-order valence-electron chi connectivity index (χ2n) is 9.70. The van der Waals surface area contributed by atoms with E-state index in [9.17, 15) is 4.79 Å². The van der Waals surface area contributed by atoms with E-state index in [1.54, 1.807) is 12.1 Å². The lowest BCUT2D eigenvalue weighted by atomic mass is 9.82. The highest BCUT2D eigenvalue weighted by Crippen LogP contribution is 2.40. The normalized spacial score (nSPS) is 18.9. The van der Waals surface area contributed by atoms with Gasteiger partial charge in [-0.2, -0.15) is 5.06 Å². The third kappa shape index (κ3) is 5.63. The number of nitrogens with zero attached hydrogens (tertiary/aromatic N) is 1. The number of ether oxygens (including phenoxy) is 1. The Balaban J connectivity index is 1.82. The third-order valence-electron chi connectivity index (χ3n) is 6.11. The molecule has 2 aromatic rings. The number of carbonyl (C=O) groups is 1. The average molecular weight is 422 g/mol. The summed E-state index contributed by atoms with van der Waals surface area (Å²) in [5.74, 6) is -0.339. The van der Waals surface area contributed by atoms with Crippen molar-refractivity contribution in [2.24, 2.45) is 0 Å². The molecule has 1 heterocycles. The van der Waals surface area contributed by atoms with Gasteiger partial charge in [0.2, 0.25) is 0 Å². The van der Waals surface area contributed by atoms with Gasteiger partial charge in [-0.15, -0.1) is 0 Å². The Labute approximate surface area is 186 Å². The van der Waals surface area contributed by atoms with Gasteiger partial charge in [-0.1, -0.05) is 54.6 Å². The lowest BCUT2D eigenvalue weighted by molar-refractivity contribution is -0.311. The number of hydrogen-bond donors (Lipinski definition) is 0. The van der Waals surface area contributed by atoms with E-state index in [4.69, 9.17) is 9.57 Å². The topological polar surface area (TPSA) is 38.8 Å². The molecule has 3 rings (SSSR count). The molecule has 0 radical (unpaired) electrons. The molecule has 0 spiro atoms. The highest BCUT2D eigenvalue weighted by molar-refractivity contribution is 5.89. The summed E-state index contributed by atoms with van der Waals surface area (Å²) in [6, 6.07) is 15.5. The van der Waals surface area contributed by atoms with E-state index in [0.717, 1.165) is 29.5 Å². The first kappa shape index (κ1) is 23.2. The van der Waals surface area contributed by atoms with E-state index in [-0.39, 0.29) is 23.7 Å². The fraction of sp³-hybridized carbons (Fsp3) is 0.444. The summed E-state index contributed by atoms with van der Waals surface area (Å²) in [7, 11) is 0. The predicted octanol–water partition coefficient (Wildman–Crippen LogP) is 6.51. The summed E-state index contributed by atoms with van der Waals surface area (Å²) >= 11 is 0.